The number of nitrogens with one attached hydrogen (secondary N) is 2. The molecule has 1 aromatic heterocycles. The Morgan fingerprint density at radius 3 is 2.16 bits per heavy atom. The molecule has 0 aliphatic heterocycles. The van der Waals surface area contributed by atoms with E-state index in [-0.39, 0.29) is 24.6 Å². The van der Waals surface area contributed by atoms with Gasteiger partial charge in [0.05, 0.1) is 17.0 Å². The second-order valence-corrected chi connectivity index (χ2v) is 10.6. The number of halogens is 3. The summed E-state index contributed by atoms with van der Waals surface area (Å²) in [5.41, 5.74) is 4.68. The normalized spacial score (nSPS) is 11.2. The highest BCUT2D eigenvalue weighted by atomic mass is 32.1. The smallest absolute Gasteiger partial charge is 0.481 e. The molecule has 0 unspecified atom stereocenters. The Labute approximate surface area is 255 Å². The first-order valence-electron chi connectivity index (χ1n) is 13.5. The third kappa shape index (κ3) is 7.81. The SMILES string of the molecule is O=C(O)CCNC(=O)c1ccc(CNc2ccc(OC(F)(F)F)cc2-c2nc(-c3ccccc3)c(-c3ccccc3)s2)cc1. The summed E-state index contributed by atoms with van der Waals surface area (Å²) in [6.07, 6.45) is -5.04. The van der Waals surface area contributed by atoms with Crippen molar-refractivity contribution < 1.29 is 32.6 Å². The number of amides is 1. The Hall–Kier alpha value is -5.16. The Morgan fingerprint density at radius 1 is 0.864 bits per heavy atom. The largest absolute Gasteiger partial charge is 0.573 e. The van der Waals surface area contributed by atoms with E-state index in [0.717, 1.165) is 21.6 Å². The molecule has 0 aliphatic rings. The van der Waals surface area contributed by atoms with E-state index in [2.05, 4.69) is 15.4 Å². The van der Waals surface area contributed by atoms with Gasteiger partial charge >= 0.3 is 12.3 Å². The summed E-state index contributed by atoms with van der Waals surface area (Å²) >= 11 is 1.37. The minimum Gasteiger partial charge on any atom is -0.481 e. The summed E-state index contributed by atoms with van der Waals surface area (Å²) in [6, 6.07) is 30.0. The molecule has 5 rings (SSSR count). The van der Waals surface area contributed by atoms with Gasteiger partial charge in [-0.3, -0.25) is 9.59 Å². The molecule has 4 aromatic carbocycles. The zero-order chi connectivity index (χ0) is 31.1. The van der Waals surface area contributed by atoms with Gasteiger partial charge in [0.2, 0.25) is 0 Å². The third-order valence-electron chi connectivity index (χ3n) is 6.49. The van der Waals surface area contributed by atoms with Crippen molar-refractivity contribution >= 4 is 28.9 Å². The lowest BCUT2D eigenvalue weighted by molar-refractivity contribution is -0.274. The van der Waals surface area contributed by atoms with Crippen molar-refractivity contribution in [3.05, 3.63) is 114 Å². The van der Waals surface area contributed by atoms with Crippen LogP contribution in [0.4, 0.5) is 18.9 Å². The van der Waals surface area contributed by atoms with Gasteiger partial charge in [-0.1, -0.05) is 72.8 Å². The van der Waals surface area contributed by atoms with Crippen molar-refractivity contribution in [2.45, 2.75) is 19.3 Å². The van der Waals surface area contributed by atoms with E-state index >= 15 is 0 Å². The van der Waals surface area contributed by atoms with Gasteiger partial charge in [-0.2, -0.15) is 0 Å². The Morgan fingerprint density at radius 2 is 1.52 bits per heavy atom. The molecule has 0 atom stereocenters. The van der Waals surface area contributed by atoms with Crippen LogP contribution in [0.5, 0.6) is 5.75 Å². The number of rotatable bonds is 11. The van der Waals surface area contributed by atoms with E-state index in [9.17, 15) is 22.8 Å². The highest BCUT2D eigenvalue weighted by Gasteiger charge is 2.31. The summed E-state index contributed by atoms with van der Waals surface area (Å²) in [4.78, 5) is 28.7. The van der Waals surface area contributed by atoms with Crippen molar-refractivity contribution in [3.8, 4) is 38.0 Å². The van der Waals surface area contributed by atoms with Crippen LogP contribution in [0, 0.1) is 0 Å². The number of carboxylic acid groups (broad SMARTS) is 1. The first-order valence-corrected chi connectivity index (χ1v) is 14.3. The van der Waals surface area contributed by atoms with Crippen molar-refractivity contribution in [3.63, 3.8) is 0 Å². The molecule has 0 saturated heterocycles. The minimum atomic E-state index is -4.86. The zero-order valence-electron chi connectivity index (χ0n) is 23.1. The molecule has 0 bridgehead atoms. The molecular weight excluding hydrogens is 591 g/mol. The summed E-state index contributed by atoms with van der Waals surface area (Å²) in [5.74, 6) is -1.76. The number of carbonyl (C=O) groups excluding carboxylic acids is 1. The number of benzene rings is 4. The van der Waals surface area contributed by atoms with E-state index in [1.54, 1.807) is 24.3 Å². The highest BCUT2D eigenvalue weighted by Crippen LogP contribution is 2.43. The molecule has 7 nitrogen and oxygen atoms in total. The van der Waals surface area contributed by atoms with Crippen LogP contribution in [-0.2, 0) is 11.3 Å². The molecule has 0 radical (unpaired) electrons. The third-order valence-corrected chi connectivity index (χ3v) is 7.63. The lowest BCUT2D eigenvalue weighted by Crippen LogP contribution is -2.25. The number of aromatic nitrogens is 1. The van der Waals surface area contributed by atoms with Crippen LogP contribution in [0.25, 0.3) is 32.3 Å². The number of anilines is 1. The molecular formula is C33H26F3N3O4S. The van der Waals surface area contributed by atoms with E-state index in [0.29, 0.717) is 34.1 Å². The van der Waals surface area contributed by atoms with Crippen LogP contribution in [-0.4, -0.2) is 34.9 Å². The first-order chi connectivity index (χ1) is 21.2. The quantitative estimate of drug-likeness (QED) is 0.140. The predicted octanol–water partition coefficient (Wildman–Crippen LogP) is 7.86. The van der Waals surface area contributed by atoms with E-state index in [1.807, 2.05) is 60.7 Å². The maximum Gasteiger partial charge on any atom is 0.573 e. The van der Waals surface area contributed by atoms with Gasteiger partial charge in [0.25, 0.3) is 5.91 Å². The molecule has 3 N–H and O–H groups in total. The Kier molecular flexibility index (Phi) is 9.25. The van der Waals surface area contributed by atoms with Crippen LogP contribution in [0.2, 0.25) is 0 Å². The van der Waals surface area contributed by atoms with E-state index in [4.69, 9.17) is 10.1 Å². The number of nitrogens with zero attached hydrogens (tertiary/aromatic N) is 1. The van der Waals surface area contributed by atoms with Gasteiger partial charge in [0.1, 0.15) is 10.8 Å². The summed E-state index contributed by atoms with van der Waals surface area (Å²) in [6.45, 7) is 0.318. The molecule has 0 fully saturated rings. The van der Waals surface area contributed by atoms with Crippen molar-refractivity contribution in [1.29, 1.82) is 0 Å². The fourth-order valence-electron chi connectivity index (χ4n) is 4.42. The lowest BCUT2D eigenvalue weighted by Gasteiger charge is -2.14. The molecule has 1 heterocycles. The molecule has 5 aromatic rings. The number of aliphatic carboxylic acids is 1. The summed E-state index contributed by atoms with van der Waals surface area (Å²) < 4.78 is 43.7. The highest BCUT2D eigenvalue weighted by molar-refractivity contribution is 7.19. The van der Waals surface area contributed by atoms with Gasteiger partial charge < -0.3 is 20.5 Å². The monoisotopic (exact) mass is 617 g/mol. The van der Waals surface area contributed by atoms with Gasteiger partial charge in [-0.25, -0.2) is 4.98 Å². The fraction of sp³-hybridized carbons (Fsp3) is 0.121. The number of carbonyl (C=O) groups is 2. The fourth-order valence-corrected chi connectivity index (χ4v) is 5.54. The molecule has 1 amide bonds. The number of alkyl halides is 3. The second kappa shape index (κ2) is 13.4. The van der Waals surface area contributed by atoms with Gasteiger partial charge in [-0.05, 0) is 41.5 Å². The zero-order valence-corrected chi connectivity index (χ0v) is 23.9. The van der Waals surface area contributed by atoms with Crippen molar-refractivity contribution in [2.24, 2.45) is 0 Å². The van der Waals surface area contributed by atoms with Gasteiger partial charge in [-0.15, -0.1) is 24.5 Å². The van der Waals surface area contributed by atoms with E-state index < -0.39 is 12.3 Å². The van der Waals surface area contributed by atoms with E-state index in [1.165, 1.54) is 29.5 Å². The number of thiazole rings is 1. The number of ether oxygens (including phenoxy) is 1. The minimum absolute atomic E-state index is 0.0169. The molecule has 0 aliphatic carbocycles. The molecule has 224 valence electrons. The average Bonchev–Trinajstić information content (AvgIpc) is 3.46. The molecule has 44 heavy (non-hydrogen) atoms. The van der Waals surface area contributed by atoms with Crippen LogP contribution < -0.4 is 15.4 Å². The molecule has 0 saturated carbocycles. The van der Waals surface area contributed by atoms with Crippen LogP contribution in [0.1, 0.15) is 22.3 Å². The van der Waals surface area contributed by atoms with Crippen molar-refractivity contribution in [2.75, 3.05) is 11.9 Å². The number of hydrogen-bond donors (Lipinski definition) is 3. The molecule has 11 heteroatoms. The van der Waals surface area contributed by atoms with Crippen LogP contribution >= 0.6 is 11.3 Å². The summed E-state index contributed by atoms with van der Waals surface area (Å²) in [7, 11) is 0. The number of carboxylic acids is 1. The average molecular weight is 618 g/mol. The number of hydrogen-bond acceptors (Lipinski definition) is 6. The summed E-state index contributed by atoms with van der Waals surface area (Å²) in [5, 5.41) is 15.1. The topological polar surface area (TPSA) is 101 Å². The standard InChI is InChI=1S/C33H26F3N3O4S/c34-33(35,36)43-25-15-16-27(38-20-21-11-13-24(14-12-21)31(42)37-18-17-28(40)41)26(19-25)32-39-29(22-7-3-1-4-8-22)30(44-32)23-9-5-2-6-10-23/h1-16,19,38H,17-18,20H2,(H,37,42)(H,40,41). The second-order valence-electron chi connectivity index (χ2n) is 9.63. The van der Waals surface area contributed by atoms with Crippen LogP contribution in [0.3, 0.4) is 0 Å². The van der Waals surface area contributed by atoms with Crippen molar-refractivity contribution in [1.82, 2.24) is 10.3 Å². The maximum atomic E-state index is 13.1. The van der Waals surface area contributed by atoms with Crippen LogP contribution in [0.15, 0.2) is 103 Å². The molecule has 0 spiro atoms. The lowest BCUT2D eigenvalue weighted by atomic mass is 10.1. The predicted molar refractivity (Wildman–Crippen MR) is 163 cm³/mol. The maximum absolute atomic E-state index is 13.1. The Bertz CT molecular complexity index is 1690. The van der Waals surface area contributed by atoms with Gasteiger partial charge in [0.15, 0.2) is 0 Å². The van der Waals surface area contributed by atoms with Gasteiger partial charge in [0, 0.05) is 35.5 Å². The first kappa shape index (κ1) is 30.3. The Balaban J connectivity index is 1.45.